The minimum atomic E-state index is -4.04. The molecule has 0 aliphatic carbocycles. The van der Waals surface area contributed by atoms with Gasteiger partial charge < -0.3 is 0 Å². The van der Waals surface area contributed by atoms with Crippen LogP contribution in [0, 0.1) is 0 Å². The van der Waals surface area contributed by atoms with Gasteiger partial charge in [0.15, 0.2) is 0 Å². The molecule has 0 amide bonds. The van der Waals surface area contributed by atoms with Crippen molar-refractivity contribution in [3.63, 3.8) is 0 Å². The Morgan fingerprint density at radius 3 is 2.00 bits per heavy atom. The third-order valence-electron chi connectivity index (χ3n) is 1.38. The second kappa shape index (κ2) is 5.48. The van der Waals surface area contributed by atoms with Crippen LogP contribution in [0.3, 0.4) is 0 Å². The molecule has 1 N–H and O–H groups in total. The zero-order valence-corrected chi connectivity index (χ0v) is 8.47. The summed E-state index contributed by atoms with van der Waals surface area (Å²) in [4.78, 5) is -0.0767. The van der Waals surface area contributed by atoms with E-state index in [9.17, 15) is 8.42 Å². The van der Waals surface area contributed by atoms with E-state index in [-0.39, 0.29) is 34.5 Å². The van der Waals surface area contributed by atoms with Crippen molar-refractivity contribution in [3.05, 3.63) is 29.8 Å². The average Bonchev–Trinajstić information content (AvgIpc) is 2.03. The first kappa shape index (κ1) is 13.6. The summed E-state index contributed by atoms with van der Waals surface area (Å²) >= 11 is 3.22. The molecule has 13 heavy (non-hydrogen) atoms. The molecule has 0 aromatic heterocycles. The summed E-state index contributed by atoms with van der Waals surface area (Å²) in [7, 11) is -4.04. The molecule has 1 aromatic rings. The van der Waals surface area contributed by atoms with Crippen LogP contribution in [0.25, 0.3) is 0 Å². The number of rotatable bonds is 2. The molecule has 6 heteroatoms. The van der Waals surface area contributed by atoms with Gasteiger partial charge in [-0.25, -0.2) is 0 Å². The molecule has 1 rings (SSSR count). The summed E-state index contributed by atoms with van der Waals surface area (Å²) in [5.41, 5.74) is 0.961. The van der Waals surface area contributed by atoms with Crippen LogP contribution in [-0.2, 0) is 15.4 Å². The zero-order valence-electron chi connectivity index (χ0n) is 6.07. The fourth-order valence-electron chi connectivity index (χ4n) is 0.751. The van der Waals surface area contributed by atoms with Crippen LogP contribution in [0.1, 0.15) is 5.56 Å². The van der Waals surface area contributed by atoms with Crippen LogP contribution in [0.5, 0.6) is 0 Å². The van der Waals surface area contributed by atoms with Gasteiger partial charge in [-0.1, -0.05) is 28.1 Å². The number of hydrogen-bond acceptors (Lipinski definition) is 2. The number of alkyl halides is 1. The first-order valence-electron chi connectivity index (χ1n) is 3.16. The molecular weight excluding hydrogens is 267 g/mol. The summed E-state index contributed by atoms with van der Waals surface area (Å²) < 4.78 is 29.8. The van der Waals surface area contributed by atoms with Gasteiger partial charge in [-0.2, -0.15) is 8.42 Å². The number of halogens is 1. The molecule has 0 bridgehead atoms. The second-order valence-electron chi connectivity index (χ2n) is 2.25. The van der Waals surface area contributed by atoms with E-state index in [4.69, 9.17) is 4.55 Å². The van der Waals surface area contributed by atoms with Gasteiger partial charge in [-0.15, -0.1) is 0 Å². The van der Waals surface area contributed by atoms with Crippen molar-refractivity contribution in [2.24, 2.45) is 0 Å². The topological polar surface area (TPSA) is 54.4 Å². The Hall–Kier alpha value is 0.610. The predicted octanol–water partition coefficient (Wildman–Crippen LogP) is 1.18. The van der Waals surface area contributed by atoms with E-state index in [2.05, 4.69) is 15.9 Å². The molecule has 0 aliphatic rings. The molecule has 0 saturated carbocycles. The van der Waals surface area contributed by atoms with Crippen molar-refractivity contribution in [1.82, 2.24) is 0 Å². The summed E-state index contributed by atoms with van der Waals surface area (Å²) in [6.07, 6.45) is 0. The standard InChI is InChI=1S/C7H7BrO3S.Na.H/c8-5-6-1-3-7(4-2-6)12(9,10)11;;/h1-4H,5H2,(H,9,10,11);;. The van der Waals surface area contributed by atoms with Gasteiger partial charge in [0.2, 0.25) is 0 Å². The number of benzene rings is 1. The molecule has 3 nitrogen and oxygen atoms in total. The molecule has 0 spiro atoms. The van der Waals surface area contributed by atoms with Gasteiger partial charge in [-0.3, -0.25) is 4.55 Å². The minimum absolute atomic E-state index is 0. The van der Waals surface area contributed by atoms with Crippen molar-refractivity contribution >= 4 is 55.6 Å². The maximum atomic E-state index is 10.6. The summed E-state index contributed by atoms with van der Waals surface area (Å²) in [6, 6.07) is 6.01. The van der Waals surface area contributed by atoms with Crippen molar-refractivity contribution in [1.29, 1.82) is 0 Å². The summed E-state index contributed by atoms with van der Waals surface area (Å²) in [5, 5.41) is 0.665. The monoisotopic (exact) mass is 274 g/mol. The molecule has 0 saturated heterocycles. The number of hydrogen-bond donors (Lipinski definition) is 1. The Labute approximate surface area is 108 Å². The zero-order chi connectivity index (χ0) is 9.19. The molecule has 68 valence electrons. The van der Waals surface area contributed by atoms with Gasteiger partial charge in [0.1, 0.15) is 0 Å². The van der Waals surface area contributed by atoms with Crippen LogP contribution < -0.4 is 0 Å². The van der Waals surface area contributed by atoms with Crippen molar-refractivity contribution < 1.29 is 13.0 Å². The van der Waals surface area contributed by atoms with Crippen LogP contribution >= 0.6 is 15.9 Å². The Morgan fingerprint density at radius 1 is 1.23 bits per heavy atom. The fourth-order valence-corrected chi connectivity index (χ4v) is 1.60. The molecule has 1 aromatic carbocycles. The van der Waals surface area contributed by atoms with Gasteiger partial charge in [-0.05, 0) is 17.7 Å². The van der Waals surface area contributed by atoms with Crippen LogP contribution in [0.4, 0.5) is 0 Å². The van der Waals surface area contributed by atoms with Crippen molar-refractivity contribution in [3.8, 4) is 0 Å². The first-order valence-corrected chi connectivity index (χ1v) is 5.72. The van der Waals surface area contributed by atoms with E-state index in [0.717, 1.165) is 5.56 Å². The Balaban J connectivity index is 0.00000144. The van der Waals surface area contributed by atoms with Crippen LogP contribution in [0.2, 0.25) is 0 Å². The molecular formula is C7H8BrNaO3S. The Morgan fingerprint density at radius 2 is 1.69 bits per heavy atom. The van der Waals surface area contributed by atoms with E-state index in [1.54, 1.807) is 12.1 Å². The third kappa shape index (κ3) is 4.10. The Kier molecular flexibility index (Phi) is 5.74. The van der Waals surface area contributed by atoms with E-state index < -0.39 is 10.1 Å². The second-order valence-corrected chi connectivity index (χ2v) is 4.23. The van der Waals surface area contributed by atoms with E-state index >= 15 is 0 Å². The van der Waals surface area contributed by atoms with Crippen molar-refractivity contribution in [2.75, 3.05) is 0 Å². The van der Waals surface area contributed by atoms with E-state index in [1.807, 2.05) is 0 Å². The fraction of sp³-hybridized carbons (Fsp3) is 0.143. The quantitative estimate of drug-likeness (QED) is 0.501. The first-order chi connectivity index (χ1) is 5.54. The summed E-state index contributed by atoms with van der Waals surface area (Å²) in [6.45, 7) is 0. The van der Waals surface area contributed by atoms with Gasteiger partial charge in [0.25, 0.3) is 10.1 Å². The van der Waals surface area contributed by atoms with E-state index in [1.165, 1.54) is 12.1 Å². The summed E-state index contributed by atoms with van der Waals surface area (Å²) in [5.74, 6) is 0. The predicted molar refractivity (Wildman–Crippen MR) is 56.0 cm³/mol. The van der Waals surface area contributed by atoms with Gasteiger partial charge in [0.05, 0.1) is 4.90 Å². The SMILES string of the molecule is O=S(=O)(O)c1ccc(CBr)cc1.[NaH]. The van der Waals surface area contributed by atoms with Crippen LogP contribution in [0.15, 0.2) is 29.2 Å². The molecule has 0 unspecified atom stereocenters. The normalized spacial score (nSPS) is 10.6. The maximum absolute atomic E-state index is 10.6. The molecule has 0 fully saturated rings. The molecule has 0 aliphatic heterocycles. The van der Waals surface area contributed by atoms with E-state index in [0.29, 0.717) is 5.33 Å². The van der Waals surface area contributed by atoms with Gasteiger partial charge >= 0.3 is 29.6 Å². The molecule has 0 heterocycles. The van der Waals surface area contributed by atoms with Crippen molar-refractivity contribution in [2.45, 2.75) is 10.2 Å². The Bertz CT molecular complexity index is 360. The van der Waals surface area contributed by atoms with Crippen LogP contribution in [-0.4, -0.2) is 42.5 Å². The molecule has 0 atom stereocenters. The average molecular weight is 275 g/mol. The third-order valence-corrected chi connectivity index (χ3v) is 2.89. The molecule has 0 radical (unpaired) electrons. The van der Waals surface area contributed by atoms with Gasteiger partial charge in [0, 0.05) is 5.33 Å².